The molecule has 0 spiro atoms. The highest BCUT2D eigenvalue weighted by atomic mass is 16.3. The SMILES string of the molecule is c1ccc(-c2ccc3c(-c4cc5ccccc5c5oc6c7ccccc7ccc6c45)c4ccccc4c(-c4ccccc4)c3c2)cc1. The summed E-state index contributed by atoms with van der Waals surface area (Å²) in [7, 11) is 0. The van der Waals surface area contributed by atoms with Gasteiger partial charge >= 0.3 is 0 Å². The highest BCUT2D eigenvalue weighted by Crippen LogP contribution is 2.49. The van der Waals surface area contributed by atoms with E-state index in [1.807, 2.05) is 0 Å². The molecular weight excluding hydrogens is 569 g/mol. The highest BCUT2D eigenvalue weighted by molar-refractivity contribution is 6.30. The minimum absolute atomic E-state index is 0.940. The van der Waals surface area contributed by atoms with Gasteiger partial charge in [-0.05, 0) is 83.9 Å². The van der Waals surface area contributed by atoms with Crippen LogP contribution in [0.3, 0.4) is 0 Å². The van der Waals surface area contributed by atoms with Gasteiger partial charge in [-0.25, -0.2) is 0 Å². The number of hydrogen-bond donors (Lipinski definition) is 0. The molecule has 0 aliphatic heterocycles. The number of rotatable bonds is 3. The Hall–Kier alpha value is -6.18. The van der Waals surface area contributed by atoms with Gasteiger partial charge in [0.25, 0.3) is 0 Å². The van der Waals surface area contributed by atoms with Crippen LogP contribution >= 0.6 is 0 Å². The van der Waals surface area contributed by atoms with E-state index in [1.165, 1.54) is 65.7 Å². The standard InChI is InChI=1S/C46H28O/c1-3-13-29(14-4-1)32-24-25-38-40(27-32)42(31-16-5-2-6-17-31)36-21-11-12-22-37(36)43(38)41-28-33-18-8-10-20-35(33)46-44(41)39-26-23-30-15-7-9-19-34(30)45(39)47-46/h1-28H. The molecule has 0 radical (unpaired) electrons. The second-order valence-corrected chi connectivity index (χ2v) is 12.4. The van der Waals surface area contributed by atoms with Crippen LogP contribution in [0.5, 0.6) is 0 Å². The molecular formula is C46H28O. The van der Waals surface area contributed by atoms with Crippen LogP contribution in [0, 0.1) is 0 Å². The lowest BCUT2D eigenvalue weighted by molar-refractivity contribution is 0.676. The van der Waals surface area contributed by atoms with Gasteiger partial charge in [-0.1, -0.05) is 152 Å². The van der Waals surface area contributed by atoms with Crippen molar-refractivity contribution in [3.8, 4) is 33.4 Å². The first kappa shape index (κ1) is 26.1. The van der Waals surface area contributed by atoms with Gasteiger partial charge in [0.1, 0.15) is 11.2 Å². The van der Waals surface area contributed by atoms with Crippen LogP contribution in [-0.2, 0) is 0 Å². The van der Waals surface area contributed by atoms with E-state index >= 15 is 0 Å². The molecule has 10 aromatic rings. The minimum Gasteiger partial charge on any atom is -0.455 e. The molecule has 0 saturated heterocycles. The lowest BCUT2D eigenvalue weighted by Gasteiger charge is -2.19. The summed E-state index contributed by atoms with van der Waals surface area (Å²) in [5, 5.41) is 11.9. The maximum absolute atomic E-state index is 6.94. The Bertz CT molecular complexity index is 2820. The fourth-order valence-electron chi connectivity index (χ4n) is 7.73. The zero-order chi connectivity index (χ0) is 30.9. The Labute approximate surface area is 271 Å². The van der Waals surface area contributed by atoms with Crippen LogP contribution in [0.15, 0.2) is 174 Å². The van der Waals surface area contributed by atoms with Crippen molar-refractivity contribution in [3.63, 3.8) is 0 Å². The van der Waals surface area contributed by atoms with Crippen molar-refractivity contribution in [2.45, 2.75) is 0 Å². The molecule has 0 atom stereocenters. The fourth-order valence-corrected chi connectivity index (χ4v) is 7.73. The molecule has 0 amide bonds. The van der Waals surface area contributed by atoms with Crippen LogP contribution in [0.1, 0.15) is 0 Å². The molecule has 0 unspecified atom stereocenters. The van der Waals surface area contributed by atoms with E-state index in [-0.39, 0.29) is 0 Å². The van der Waals surface area contributed by atoms with Gasteiger partial charge in [0, 0.05) is 21.5 Å². The van der Waals surface area contributed by atoms with Gasteiger partial charge in [-0.2, -0.15) is 0 Å². The maximum Gasteiger partial charge on any atom is 0.143 e. The highest BCUT2D eigenvalue weighted by Gasteiger charge is 2.23. The van der Waals surface area contributed by atoms with Crippen LogP contribution in [-0.4, -0.2) is 0 Å². The number of furan rings is 1. The topological polar surface area (TPSA) is 13.1 Å². The van der Waals surface area contributed by atoms with Gasteiger partial charge < -0.3 is 4.42 Å². The molecule has 9 aromatic carbocycles. The molecule has 1 nitrogen and oxygen atoms in total. The van der Waals surface area contributed by atoms with E-state index in [0.717, 1.165) is 32.7 Å². The Morgan fingerprint density at radius 2 is 0.851 bits per heavy atom. The normalized spacial score (nSPS) is 11.8. The lowest BCUT2D eigenvalue weighted by Crippen LogP contribution is -1.92. The summed E-state index contributed by atoms with van der Waals surface area (Å²) in [4.78, 5) is 0. The van der Waals surface area contributed by atoms with Crippen molar-refractivity contribution in [3.05, 3.63) is 170 Å². The molecule has 218 valence electrons. The largest absolute Gasteiger partial charge is 0.455 e. The zero-order valence-electron chi connectivity index (χ0n) is 25.6. The van der Waals surface area contributed by atoms with Gasteiger partial charge in [0.15, 0.2) is 0 Å². The summed E-state index contributed by atoms with van der Waals surface area (Å²) in [6.07, 6.45) is 0. The first-order chi connectivity index (χ1) is 23.3. The summed E-state index contributed by atoms with van der Waals surface area (Å²) >= 11 is 0. The number of hydrogen-bond acceptors (Lipinski definition) is 1. The van der Waals surface area contributed by atoms with E-state index in [9.17, 15) is 0 Å². The average Bonchev–Trinajstić information content (AvgIpc) is 3.55. The Balaban J connectivity index is 1.42. The molecule has 1 heterocycles. The van der Waals surface area contributed by atoms with Crippen molar-refractivity contribution in [2.75, 3.05) is 0 Å². The van der Waals surface area contributed by atoms with Crippen molar-refractivity contribution >= 4 is 65.0 Å². The Kier molecular flexibility index (Phi) is 5.64. The van der Waals surface area contributed by atoms with Crippen LogP contribution in [0.4, 0.5) is 0 Å². The molecule has 10 rings (SSSR count). The van der Waals surface area contributed by atoms with Gasteiger partial charge in [-0.15, -0.1) is 0 Å². The molecule has 1 aromatic heterocycles. The third-order valence-corrected chi connectivity index (χ3v) is 9.82. The predicted octanol–water partition coefficient (Wildman–Crippen LogP) is 13.2. The van der Waals surface area contributed by atoms with E-state index in [1.54, 1.807) is 0 Å². The number of benzene rings is 9. The molecule has 0 aliphatic rings. The van der Waals surface area contributed by atoms with Crippen molar-refractivity contribution in [1.82, 2.24) is 0 Å². The first-order valence-corrected chi connectivity index (χ1v) is 16.2. The van der Waals surface area contributed by atoms with E-state index < -0.39 is 0 Å². The Morgan fingerprint density at radius 3 is 1.60 bits per heavy atom. The van der Waals surface area contributed by atoms with E-state index in [4.69, 9.17) is 4.42 Å². The quantitative estimate of drug-likeness (QED) is 0.185. The lowest BCUT2D eigenvalue weighted by atomic mass is 9.83. The van der Waals surface area contributed by atoms with E-state index in [2.05, 4.69) is 170 Å². The van der Waals surface area contributed by atoms with Gasteiger partial charge in [-0.3, -0.25) is 0 Å². The van der Waals surface area contributed by atoms with Crippen LogP contribution < -0.4 is 0 Å². The monoisotopic (exact) mass is 596 g/mol. The Morgan fingerprint density at radius 1 is 0.298 bits per heavy atom. The zero-order valence-corrected chi connectivity index (χ0v) is 25.6. The second kappa shape index (κ2) is 10.2. The minimum atomic E-state index is 0.940. The van der Waals surface area contributed by atoms with E-state index in [0.29, 0.717) is 0 Å². The van der Waals surface area contributed by atoms with Gasteiger partial charge in [0.05, 0.1) is 0 Å². The first-order valence-electron chi connectivity index (χ1n) is 16.2. The average molecular weight is 597 g/mol. The molecule has 0 saturated carbocycles. The van der Waals surface area contributed by atoms with Crippen LogP contribution in [0.25, 0.3) is 98.4 Å². The van der Waals surface area contributed by atoms with Crippen molar-refractivity contribution < 1.29 is 4.42 Å². The fraction of sp³-hybridized carbons (Fsp3) is 0. The smallest absolute Gasteiger partial charge is 0.143 e. The summed E-state index contributed by atoms with van der Waals surface area (Å²) < 4.78 is 6.94. The molecule has 0 fully saturated rings. The third-order valence-electron chi connectivity index (χ3n) is 9.82. The summed E-state index contributed by atoms with van der Waals surface area (Å²) in [5.74, 6) is 0. The van der Waals surface area contributed by atoms with Gasteiger partial charge in [0.2, 0.25) is 0 Å². The molecule has 47 heavy (non-hydrogen) atoms. The molecule has 0 N–H and O–H groups in total. The van der Waals surface area contributed by atoms with Crippen molar-refractivity contribution in [1.29, 1.82) is 0 Å². The molecule has 1 heteroatoms. The van der Waals surface area contributed by atoms with Crippen molar-refractivity contribution in [2.24, 2.45) is 0 Å². The number of fused-ring (bicyclic) bond motifs is 9. The molecule has 0 bridgehead atoms. The summed E-state index contributed by atoms with van der Waals surface area (Å²) in [6.45, 7) is 0. The molecule has 0 aliphatic carbocycles. The predicted molar refractivity (Wildman–Crippen MR) is 200 cm³/mol. The van der Waals surface area contributed by atoms with Crippen LogP contribution in [0.2, 0.25) is 0 Å². The third kappa shape index (κ3) is 3.90. The summed E-state index contributed by atoms with van der Waals surface area (Å²) in [6, 6.07) is 61.5. The second-order valence-electron chi connectivity index (χ2n) is 12.4. The maximum atomic E-state index is 6.94. The summed E-state index contributed by atoms with van der Waals surface area (Å²) in [5.41, 5.74) is 9.21.